The average Bonchev–Trinajstić information content (AvgIpc) is 2.83. The zero-order chi connectivity index (χ0) is 23.5. The molecule has 3 aromatic carbocycles. The molecule has 2 nitrogen and oxygen atoms in total. The third-order valence-corrected chi connectivity index (χ3v) is 7.03. The molecule has 0 heterocycles. The molecule has 3 rings (SSSR count). The highest BCUT2D eigenvalue weighted by Gasteiger charge is 2.15. The van der Waals surface area contributed by atoms with Crippen molar-refractivity contribution in [1.82, 2.24) is 4.90 Å². The minimum Gasteiger partial charge on any atom is -0.387 e. The molecular weight excluding hydrogens is 426 g/mol. The van der Waals surface area contributed by atoms with Crippen molar-refractivity contribution in [3.63, 3.8) is 0 Å². The predicted molar refractivity (Wildman–Crippen MR) is 145 cm³/mol. The predicted octanol–water partition coefficient (Wildman–Crippen LogP) is 8.92. The van der Waals surface area contributed by atoms with Crippen molar-refractivity contribution in [2.24, 2.45) is 0 Å². The van der Waals surface area contributed by atoms with Gasteiger partial charge >= 0.3 is 0 Å². The van der Waals surface area contributed by atoms with Crippen LogP contribution in [0.5, 0.6) is 0 Å². The molecule has 0 saturated carbocycles. The van der Waals surface area contributed by atoms with Gasteiger partial charge in [-0.1, -0.05) is 107 Å². The van der Waals surface area contributed by atoms with Crippen molar-refractivity contribution >= 4 is 33.1 Å². The number of hydrogen-bond acceptors (Lipinski definition) is 2. The largest absolute Gasteiger partial charge is 0.387 e. The number of aliphatic hydroxyl groups is 1. The van der Waals surface area contributed by atoms with Gasteiger partial charge in [0.25, 0.3) is 0 Å². The fraction of sp³-hybridized carbons (Fsp3) is 0.533. The summed E-state index contributed by atoms with van der Waals surface area (Å²) in [5.74, 6) is 0. The molecule has 3 aromatic rings. The molecule has 180 valence electrons. The summed E-state index contributed by atoms with van der Waals surface area (Å²) in [6.45, 7) is 7.40. The lowest BCUT2D eigenvalue weighted by Gasteiger charge is -2.25. The van der Waals surface area contributed by atoms with Crippen molar-refractivity contribution in [2.75, 3.05) is 19.6 Å². The van der Waals surface area contributed by atoms with E-state index in [2.05, 4.69) is 55.1 Å². The Labute approximate surface area is 205 Å². The smallest absolute Gasteiger partial charge is 0.0917 e. The fourth-order valence-corrected chi connectivity index (χ4v) is 4.94. The Morgan fingerprint density at radius 3 is 1.82 bits per heavy atom. The third kappa shape index (κ3) is 7.98. The monoisotopic (exact) mass is 467 g/mol. The minimum absolute atomic E-state index is 0.477. The van der Waals surface area contributed by atoms with Crippen LogP contribution in [-0.4, -0.2) is 29.6 Å². The lowest BCUT2D eigenvalue weighted by atomic mass is 9.98. The highest BCUT2D eigenvalue weighted by molar-refractivity contribution is 6.31. The quantitative estimate of drug-likeness (QED) is 0.178. The summed E-state index contributed by atoms with van der Waals surface area (Å²) in [4.78, 5) is 2.49. The van der Waals surface area contributed by atoms with Gasteiger partial charge in [-0.2, -0.15) is 0 Å². The molecule has 0 spiro atoms. The van der Waals surface area contributed by atoms with Crippen LogP contribution in [0.1, 0.15) is 89.7 Å². The van der Waals surface area contributed by atoms with Crippen LogP contribution < -0.4 is 0 Å². The summed E-state index contributed by atoms with van der Waals surface area (Å²) in [7, 11) is 0. The zero-order valence-corrected chi connectivity index (χ0v) is 21.4. The second-order valence-electron chi connectivity index (χ2n) is 9.56. The maximum atomic E-state index is 11.2. The van der Waals surface area contributed by atoms with E-state index in [0.717, 1.165) is 34.4 Å². The first kappa shape index (κ1) is 26.0. The van der Waals surface area contributed by atoms with Gasteiger partial charge in [0.1, 0.15) is 0 Å². The van der Waals surface area contributed by atoms with Crippen LogP contribution in [0.15, 0.2) is 48.5 Å². The van der Waals surface area contributed by atoms with E-state index in [1.165, 1.54) is 75.0 Å². The van der Waals surface area contributed by atoms with Crippen LogP contribution in [0.3, 0.4) is 0 Å². The first-order valence-electron chi connectivity index (χ1n) is 13.1. The molecule has 1 unspecified atom stereocenters. The van der Waals surface area contributed by atoms with E-state index in [1.807, 2.05) is 12.1 Å². The molecule has 1 N–H and O–H groups in total. The minimum atomic E-state index is -0.477. The second kappa shape index (κ2) is 13.9. The number of fused-ring (bicyclic) bond motifs is 3. The average molecular weight is 468 g/mol. The molecule has 0 bridgehead atoms. The molecular formula is C30H42ClNO. The van der Waals surface area contributed by atoms with Gasteiger partial charge in [0, 0.05) is 11.6 Å². The molecule has 3 heteroatoms. The van der Waals surface area contributed by atoms with Crippen LogP contribution in [0.2, 0.25) is 5.02 Å². The van der Waals surface area contributed by atoms with Gasteiger partial charge in [-0.05, 0) is 71.2 Å². The fourth-order valence-electron chi connectivity index (χ4n) is 4.77. The van der Waals surface area contributed by atoms with Crippen LogP contribution in [0.25, 0.3) is 21.5 Å². The van der Waals surface area contributed by atoms with Crippen LogP contribution in [-0.2, 0) is 0 Å². The van der Waals surface area contributed by atoms with Gasteiger partial charge in [-0.25, -0.2) is 0 Å². The number of benzene rings is 3. The molecule has 0 saturated heterocycles. The third-order valence-electron chi connectivity index (χ3n) is 6.80. The molecule has 0 radical (unpaired) electrons. The van der Waals surface area contributed by atoms with Gasteiger partial charge in [-0.3, -0.25) is 0 Å². The zero-order valence-electron chi connectivity index (χ0n) is 20.7. The van der Waals surface area contributed by atoms with Crippen LogP contribution >= 0.6 is 11.6 Å². The van der Waals surface area contributed by atoms with E-state index in [-0.39, 0.29) is 0 Å². The molecule has 0 aromatic heterocycles. The van der Waals surface area contributed by atoms with E-state index in [9.17, 15) is 5.11 Å². The Hall–Kier alpha value is -1.61. The Kier molecular flexibility index (Phi) is 11.0. The number of rotatable bonds is 15. The highest BCUT2D eigenvalue weighted by atomic mass is 35.5. The van der Waals surface area contributed by atoms with Crippen LogP contribution in [0.4, 0.5) is 0 Å². The first-order chi connectivity index (χ1) is 16.1. The van der Waals surface area contributed by atoms with Crippen molar-refractivity contribution < 1.29 is 5.11 Å². The van der Waals surface area contributed by atoms with Gasteiger partial charge < -0.3 is 10.0 Å². The summed E-state index contributed by atoms with van der Waals surface area (Å²) in [6.07, 6.45) is 12.4. The van der Waals surface area contributed by atoms with Gasteiger partial charge in [0.15, 0.2) is 0 Å². The highest BCUT2D eigenvalue weighted by Crippen LogP contribution is 2.30. The number of hydrogen-bond donors (Lipinski definition) is 1. The summed E-state index contributed by atoms with van der Waals surface area (Å²) in [5.41, 5.74) is 0.997. The Bertz CT molecular complexity index is 972. The molecule has 0 aliphatic heterocycles. The van der Waals surface area contributed by atoms with E-state index in [4.69, 9.17) is 11.6 Å². The number of halogens is 1. The molecule has 0 fully saturated rings. The Morgan fingerprint density at radius 2 is 1.21 bits per heavy atom. The number of unbranched alkanes of at least 4 members (excludes halogenated alkanes) is 8. The SMILES string of the molecule is CCCCCCCN(CCCCCCC)CC(O)c1ccc2ccc3ccc(Cl)cc3c2c1. The van der Waals surface area contributed by atoms with Gasteiger partial charge in [0.2, 0.25) is 0 Å². The lowest BCUT2D eigenvalue weighted by molar-refractivity contribution is 0.110. The summed E-state index contributed by atoms with van der Waals surface area (Å²) in [5, 5.41) is 16.6. The summed E-state index contributed by atoms with van der Waals surface area (Å²) < 4.78 is 0. The maximum absolute atomic E-state index is 11.2. The van der Waals surface area contributed by atoms with Gasteiger partial charge in [-0.15, -0.1) is 0 Å². The number of aliphatic hydroxyl groups excluding tert-OH is 1. The first-order valence-corrected chi connectivity index (χ1v) is 13.5. The van der Waals surface area contributed by atoms with E-state index >= 15 is 0 Å². The summed E-state index contributed by atoms with van der Waals surface area (Å²) >= 11 is 6.29. The Balaban J connectivity index is 1.70. The normalized spacial score (nSPS) is 12.8. The van der Waals surface area contributed by atoms with Crippen molar-refractivity contribution in [1.29, 1.82) is 0 Å². The second-order valence-corrected chi connectivity index (χ2v) is 9.99. The van der Waals surface area contributed by atoms with Crippen molar-refractivity contribution in [3.8, 4) is 0 Å². The molecule has 0 amide bonds. The maximum Gasteiger partial charge on any atom is 0.0917 e. The topological polar surface area (TPSA) is 23.5 Å². The lowest BCUT2D eigenvalue weighted by Crippen LogP contribution is -2.31. The van der Waals surface area contributed by atoms with Gasteiger partial charge in [0.05, 0.1) is 6.10 Å². The molecule has 0 aliphatic carbocycles. The molecule has 1 atom stereocenters. The number of nitrogens with zero attached hydrogens (tertiary/aromatic N) is 1. The standard InChI is InChI=1S/C30H42ClNO/c1-3-5-7-9-11-19-32(20-12-10-8-6-4-2)23-30(33)26-16-15-24-13-14-25-17-18-27(31)22-29(25)28(24)21-26/h13-18,21-22,30,33H,3-12,19-20,23H2,1-2H3. The van der Waals surface area contributed by atoms with E-state index in [0.29, 0.717) is 6.54 Å². The molecule has 0 aliphatic rings. The van der Waals surface area contributed by atoms with Crippen molar-refractivity contribution in [3.05, 3.63) is 59.1 Å². The Morgan fingerprint density at radius 1 is 0.697 bits per heavy atom. The van der Waals surface area contributed by atoms with Crippen molar-refractivity contribution in [2.45, 2.75) is 84.2 Å². The molecule has 33 heavy (non-hydrogen) atoms. The summed E-state index contributed by atoms with van der Waals surface area (Å²) in [6, 6.07) is 16.7. The van der Waals surface area contributed by atoms with E-state index < -0.39 is 6.10 Å². The van der Waals surface area contributed by atoms with E-state index in [1.54, 1.807) is 0 Å². The van der Waals surface area contributed by atoms with Crippen LogP contribution in [0, 0.1) is 0 Å².